The summed E-state index contributed by atoms with van der Waals surface area (Å²) in [6.45, 7) is 0.713. The van der Waals surface area contributed by atoms with Gasteiger partial charge in [0.05, 0.1) is 43.4 Å². The topological polar surface area (TPSA) is 88.1 Å². The lowest BCUT2D eigenvalue weighted by atomic mass is 9.94. The number of carbonyl (C=O) groups is 2. The second kappa shape index (κ2) is 10.9. The average molecular weight is 457 g/mol. The maximum atomic E-state index is 14.3. The van der Waals surface area contributed by atoms with E-state index in [2.05, 4.69) is 5.32 Å². The molecule has 2 aromatic rings. The van der Waals surface area contributed by atoms with Crippen molar-refractivity contribution in [3.05, 3.63) is 71.5 Å². The van der Waals surface area contributed by atoms with Gasteiger partial charge in [-0.2, -0.15) is 0 Å². The van der Waals surface area contributed by atoms with Gasteiger partial charge in [-0.05, 0) is 30.5 Å². The number of benzene rings is 2. The quantitative estimate of drug-likeness (QED) is 0.721. The van der Waals surface area contributed by atoms with E-state index in [1.165, 1.54) is 23.1 Å². The number of hydrogen-bond donors (Lipinski definition) is 2. The van der Waals surface area contributed by atoms with Crippen LogP contribution < -0.4 is 5.32 Å². The number of hydrogen-bond acceptors (Lipinski definition) is 5. The maximum Gasteiger partial charge on any atom is 0.257 e. The van der Waals surface area contributed by atoms with Gasteiger partial charge < -0.3 is 24.8 Å². The van der Waals surface area contributed by atoms with Gasteiger partial charge in [-0.25, -0.2) is 4.39 Å². The predicted octanol–water partition coefficient (Wildman–Crippen LogP) is 2.28. The monoisotopic (exact) mass is 456 g/mol. The van der Waals surface area contributed by atoms with Crippen LogP contribution in [0.15, 0.2) is 54.6 Å². The molecule has 33 heavy (non-hydrogen) atoms. The Hall–Kier alpha value is -2.81. The van der Waals surface area contributed by atoms with Gasteiger partial charge in [0.2, 0.25) is 5.91 Å². The van der Waals surface area contributed by atoms with Crippen molar-refractivity contribution in [3.8, 4) is 0 Å². The Labute approximate surface area is 192 Å². The number of ether oxygens (including phenoxy) is 2. The van der Waals surface area contributed by atoms with Gasteiger partial charge in [-0.3, -0.25) is 9.59 Å². The highest BCUT2D eigenvalue weighted by Gasteiger charge is 2.40. The van der Waals surface area contributed by atoms with E-state index in [4.69, 9.17) is 9.47 Å². The first-order valence-corrected chi connectivity index (χ1v) is 11.3. The van der Waals surface area contributed by atoms with Gasteiger partial charge in [0.25, 0.3) is 5.91 Å². The summed E-state index contributed by atoms with van der Waals surface area (Å²) in [7, 11) is 0. The van der Waals surface area contributed by atoms with Crippen LogP contribution in [0.2, 0.25) is 0 Å². The van der Waals surface area contributed by atoms with Gasteiger partial charge in [0.1, 0.15) is 11.9 Å². The molecule has 7 nitrogen and oxygen atoms in total. The first-order valence-electron chi connectivity index (χ1n) is 11.3. The van der Waals surface area contributed by atoms with Crippen LogP contribution in [0.25, 0.3) is 0 Å². The second-order valence-electron chi connectivity index (χ2n) is 8.54. The number of nitrogens with zero attached hydrogens (tertiary/aromatic N) is 1. The summed E-state index contributed by atoms with van der Waals surface area (Å²) in [6, 6.07) is 15.1. The van der Waals surface area contributed by atoms with Gasteiger partial charge in [0.15, 0.2) is 0 Å². The molecule has 2 aliphatic heterocycles. The smallest absolute Gasteiger partial charge is 0.257 e. The third-order valence-corrected chi connectivity index (χ3v) is 6.09. The summed E-state index contributed by atoms with van der Waals surface area (Å²) in [6.07, 6.45) is -0.299. The molecule has 8 heteroatoms. The number of amides is 2. The Bertz CT molecular complexity index is 957. The van der Waals surface area contributed by atoms with E-state index in [-0.39, 0.29) is 49.8 Å². The lowest BCUT2D eigenvalue weighted by Gasteiger charge is -2.44. The SMILES string of the molecule is O=C(C[C@H]1CC[C@@H]2[C@H](COC[C@@H](O)CN2C(=O)c2ccccc2F)O1)NCc1ccccc1. The Kier molecular flexibility index (Phi) is 7.69. The molecular weight excluding hydrogens is 427 g/mol. The summed E-state index contributed by atoms with van der Waals surface area (Å²) in [5.74, 6) is -1.19. The largest absolute Gasteiger partial charge is 0.389 e. The molecule has 176 valence electrons. The zero-order valence-corrected chi connectivity index (χ0v) is 18.4. The van der Waals surface area contributed by atoms with Crippen LogP contribution in [0.3, 0.4) is 0 Å². The summed E-state index contributed by atoms with van der Waals surface area (Å²) < 4.78 is 26.0. The van der Waals surface area contributed by atoms with Crippen LogP contribution in [0.4, 0.5) is 4.39 Å². The van der Waals surface area contributed by atoms with E-state index in [1.54, 1.807) is 6.07 Å². The molecule has 2 heterocycles. The van der Waals surface area contributed by atoms with Gasteiger partial charge in [-0.1, -0.05) is 42.5 Å². The van der Waals surface area contributed by atoms with Gasteiger partial charge in [-0.15, -0.1) is 0 Å². The third kappa shape index (κ3) is 5.96. The Morgan fingerprint density at radius 1 is 1.06 bits per heavy atom. The van der Waals surface area contributed by atoms with Crippen molar-refractivity contribution >= 4 is 11.8 Å². The van der Waals surface area contributed by atoms with Gasteiger partial charge in [0, 0.05) is 13.1 Å². The molecular formula is C25H29FN2O5. The molecule has 0 aliphatic carbocycles. The van der Waals surface area contributed by atoms with Crippen molar-refractivity contribution in [2.75, 3.05) is 19.8 Å². The molecule has 0 unspecified atom stereocenters. The fraction of sp³-hybridized carbons (Fsp3) is 0.440. The van der Waals surface area contributed by atoms with E-state index in [9.17, 15) is 19.1 Å². The van der Waals surface area contributed by atoms with E-state index in [1.807, 2.05) is 30.3 Å². The van der Waals surface area contributed by atoms with Crippen molar-refractivity contribution in [1.82, 2.24) is 10.2 Å². The highest BCUT2D eigenvalue weighted by atomic mass is 19.1. The molecule has 4 rings (SSSR count). The maximum absolute atomic E-state index is 14.3. The number of halogens is 1. The molecule has 0 spiro atoms. The van der Waals surface area contributed by atoms with Crippen LogP contribution in [0.1, 0.15) is 35.2 Å². The van der Waals surface area contributed by atoms with Crippen molar-refractivity contribution in [2.24, 2.45) is 0 Å². The first kappa shape index (κ1) is 23.4. The molecule has 0 saturated carbocycles. The normalized spacial score (nSPS) is 25.5. The van der Waals surface area contributed by atoms with Crippen LogP contribution in [-0.2, 0) is 20.8 Å². The predicted molar refractivity (Wildman–Crippen MR) is 119 cm³/mol. The lowest BCUT2D eigenvalue weighted by molar-refractivity contribution is -0.151. The van der Waals surface area contributed by atoms with Crippen LogP contribution >= 0.6 is 0 Å². The summed E-state index contributed by atoms with van der Waals surface area (Å²) in [5.41, 5.74) is 0.983. The molecule has 2 saturated heterocycles. The molecule has 0 radical (unpaired) electrons. The molecule has 0 bridgehead atoms. The molecule has 2 amide bonds. The number of aliphatic hydroxyl groups is 1. The van der Waals surface area contributed by atoms with Crippen molar-refractivity contribution in [3.63, 3.8) is 0 Å². The molecule has 2 fully saturated rings. The number of nitrogens with one attached hydrogen (secondary N) is 1. The fourth-order valence-corrected chi connectivity index (χ4v) is 4.44. The molecule has 2 aliphatic rings. The fourth-order valence-electron chi connectivity index (χ4n) is 4.44. The minimum Gasteiger partial charge on any atom is -0.389 e. The van der Waals surface area contributed by atoms with E-state index in [0.29, 0.717) is 19.4 Å². The Balaban J connectivity index is 1.40. The summed E-state index contributed by atoms with van der Waals surface area (Å²) >= 11 is 0. The minimum absolute atomic E-state index is 0.0277. The summed E-state index contributed by atoms with van der Waals surface area (Å²) in [5, 5.41) is 13.2. The Morgan fingerprint density at radius 2 is 1.82 bits per heavy atom. The molecule has 2 aromatic carbocycles. The van der Waals surface area contributed by atoms with Crippen molar-refractivity contribution in [2.45, 2.75) is 50.2 Å². The van der Waals surface area contributed by atoms with E-state index < -0.39 is 23.9 Å². The van der Waals surface area contributed by atoms with Crippen LogP contribution in [0.5, 0.6) is 0 Å². The molecule has 4 atom stereocenters. The zero-order valence-electron chi connectivity index (χ0n) is 18.4. The van der Waals surface area contributed by atoms with Crippen LogP contribution in [0, 0.1) is 5.82 Å². The van der Waals surface area contributed by atoms with E-state index >= 15 is 0 Å². The first-order chi connectivity index (χ1) is 16.0. The lowest BCUT2D eigenvalue weighted by Crippen LogP contribution is -2.57. The Morgan fingerprint density at radius 3 is 2.61 bits per heavy atom. The number of carbonyl (C=O) groups excluding carboxylic acids is 2. The van der Waals surface area contributed by atoms with Crippen molar-refractivity contribution < 1.29 is 28.6 Å². The number of β-amino-alcohol motifs (C(OH)–C–C–N with tert-alkyl or cyclic N) is 1. The van der Waals surface area contributed by atoms with Crippen molar-refractivity contribution in [1.29, 1.82) is 0 Å². The highest BCUT2D eigenvalue weighted by molar-refractivity contribution is 5.94. The van der Waals surface area contributed by atoms with E-state index in [0.717, 1.165) is 5.56 Å². The van der Waals surface area contributed by atoms with Crippen LogP contribution in [-0.4, -0.2) is 65.9 Å². The standard InChI is InChI=1S/C25H29FN2O5/c26-21-9-5-4-8-20(21)25(31)28-14-18(29)15-32-16-23-22(28)11-10-19(33-23)12-24(30)27-13-17-6-2-1-3-7-17/h1-9,18-19,22-23,29H,10-16H2,(H,27,30)/t18-,19+,22+,23-/m0/s1. The third-order valence-electron chi connectivity index (χ3n) is 6.09. The minimum atomic E-state index is -0.872. The second-order valence-corrected chi connectivity index (χ2v) is 8.54. The number of rotatable bonds is 5. The zero-order chi connectivity index (χ0) is 23.2. The summed E-state index contributed by atoms with van der Waals surface area (Å²) in [4.78, 5) is 27.1. The number of aliphatic hydroxyl groups excluding tert-OH is 1. The molecule has 2 N–H and O–H groups in total. The number of fused-ring (bicyclic) bond motifs is 1. The molecule has 0 aromatic heterocycles. The van der Waals surface area contributed by atoms with Gasteiger partial charge >= 0.3 is 0 Å². The highest BCUT2D eigenvalue weighted by Crippen LogP contribution is 2.29. The average Bonchev–Trinajstić information content (AvgIpc) is 2.81.